The van der Waals surface area contributed by atoms with Crippen molar-refractivity contribution in [3.63, 3.8) is 0 Å². The standard InChI is InChI=1S/C25H44N2O6/c1-20(2)10-15(11-21(3,4)26-20)17-25(18(28)29,19(30)31)14-32-24(9,33-17)16-12-22(5,6)27-23(7,8)13-16/h15-17,26-27H,10-14H2,1-9H3,(H,28,29)(H,30,31). The lowest BCUT2D eigenvalue weighted by molar-refractivity contribution is -0.354. The predicted octanol–water partition coefficient (Wildman–Crippen LogP) is 3.39. The van der Waals surface area contributed by atoms with Crippen LogP contribution >= 0.6 is 0 Å². The summed E-state index contributed by atoms with van der Waals surface area (Å²) in [5.74, 6) is -4.15. The minimum atomic E-state index is -2.15. The fourth-order valence-electron chi connectivity index (χ4n) is 7.21. The van der Waals surface area contributed by atoms with Crippen LogP contribution in [-0.2, 0) is 19.1 Å². The Balaban J connectivity index is 2.04. The Morgan fingerprint density at radius 2 is 1.12 bits per heavy atom. The zero-order chi connectivity index (χ0) is 25.3. The molecule has 0 aromatic heterocycles. The van der Waals surface area contributed by atoms with E-state index in [-0.39, 0.29) is 34.0 Å². The van der Waals surface area contributed by atoms with E-state index in [0.717, 1.165) is 12.8 Å². The Labute approximate surface area is 198 Å². The summed E-state index contributed by atoms with van der Waals surface area (Å²) in [4.78, 5) is 25.0. The van der Waals surface area contributed by atoms with Crippen molar-refractivity contribution in [2.45, 2.75) is 122 Å². The first-order valence-electron chi connectivity index (χ1n) is 12.1. The van der Waals surface area contributed by atoms with Crippen LogP contribution in [-0.4, -0.2) is 62.8 Å². The summed E-state index contributed by atoms with van der Waals surface area (Å²) in [5, 5.41) is 27.7. The Hall–Kier alpha value is -1.22. The van der Waals surface area contributed by atoms with E-state index in [4.69, 9.17) is 9.47 Å². The van der Waals surface area contributed by atoms with Gasteiger partial charge in [0, 0.05) is 28.1 Å². The van der Waals surface area contributed by atoms with Crippen LogP contribution in [0.4, 0.5) is 0 Å². The number of rotatable bonds is 4. The van der Waals surface area contributed by atoms with Crippen molar-refractivity contribution in [1.82, 2.24) is 10.6 Å². The molecular formula is C25H44N2O6. The zero-order valence-corrected chi connectivity index (χ0v) is 21.8. The molecule has 3 aliphatic rings. The van der Waals surface area contributed by atoms with Crippen molar-refractivity contribution in [2.75, 3.05) is 6.61 Å². The average molecular weight is 469 g/mol. The molecule has 3 saturated heterocycles. The molecule has 0 aliphatic carbocycles. The molecule has 8 heteroatoms. The van der Waals surface area contributed by atoms with Crippen LogP contribution < -0.4 is 10.6 Å². The first-order valence-corrected chi connectivity index (χ1v) is 12.1. The molecule has 3 aliphatic heterocycles. The quantitative estimate of drug-likeness (QED) is 0.464. The maximum atomic E-state index is 12.5. The summed E-state index contributed by atoms with van der Waals surface area (Å²) in [6.45, 7) is 18.3. The summed E-state index contributed by atoms with van der Waals surface area (Å²) >= 11 is 0. The van der Waals surface area contributed by atoms with E-state index >= 15 is 0 Å². The van der Waals surface area contributed by atoms with Crippen LogP contribution in [0.5, 0.6) is 0 Å². The molecule has 0 spiro atoms. The molecule has 4 N–H and O–H groups in total. The van der Waals surface area contributed by atoms with Gasteiger partial charge >= 0.3 is 11.9 Å². The van der Waals surface area contributed by atoms with E-state index in [0.29, 0.717) is 12.8 Å². The van der Waals surface area contributed by atoms with Gasteiger partial charge in [-0.3, -0.25) is 9.59 Å². The molecule has 0 saturated carbocycles. The Morgan fingerprint density at radius 1 is 0.727 bits per heavy atom. The molecule has 3 fully saturated rings. The minimum Gasteiger partial charge on any atom is -0.480 e. The van der Waals surface area contributed by atoms with E-state index in [9.17, 15) is 19.8 Å². The first kappa shape index (κ1) is 26.4. The molecule has 2 unspecified atom stereocenters. The molecule has 33 heavy (non-hydrogen) atoms. The highest BCUT2D eigenvalue weighted by molar-refractivity contribution is 5.99. The number of carbonyl (C=O) groups is 2. The normalized spacial score (nSPS) is 35.6. The molecule has 0 aromatic carbocycles. The first-order chi connectivity index (χ1) is 14.7. The van der Waals surface area contributed by atoms with Gasteiger partial charge in [-0.15, -0.1) is 0 Å². The number of ether oxygens (including phenoxy) is 2. The zero-order valence-electron chi connectivity index (χ0n) is 21.8. The smallest absolute Gasteiger partial charge is 0.326 e. The van der Waals surface area contributed by atoms with E-state index in [1.54, 1.807) is 0 Å². The number of hydrogen-bond donors (Lipinski definition) is 4. The third-order valence-electron chi connectivity index (χ3n) is 7.78. The Bertz CT molecular complexity index is 759. The molecule has 0 bridgehead atoms. The lowest BCUT2D eigenvalue weighted by Gasteiger charge is -2.57. The fraction of sp³-hybridized carbons (Fsp3) is 0.920. The maximum absolute atomic E-state index is 12.5. The second kappa shape index (κ2) is 7.90. The number of hydrogen-bond acceptors (Lipinski definition) is 6. The molecule has 3 heterocycles. The molecule has 0 aromatic rings. The number of piperidine rings is 2. The lowest BCUT2D eigenvalue weighted by atomic mass is 9.65. The Morgan fingerprint density at radius 3 is 1.52 bits per heavy atom. The van der Waals surface area contributed by atoms with Gasteiger partial charge in [-0.25, -0.2) is 0 Å². The third kappa shape index (κ3) is 5.09. The lowest BCUT2D eigenvalue weighted by Crippen LogP contribution is -2.70. The van der Waals surface area contributed by atoms with Crippen LogP contribution in [0.1, 0.15) is 88.0 Å². The van der Waals surface area contributed by atoms with Crippen LogP contribution in [0.25, 0.3) is 0 Å². The van der Waals surface area contributed by atoms with Gasteiger partial charge in [-0.2, -0.15) is 0 Å². The second-order valence-corrected chi connectivity index (χ2v) is 13.5. The predicted molar refractivity (Wildman–Crippen MR) is 125 cm³/mol. The molecule has 190 valence electrons. The molecule has 0 radical (unpaired) electrons. The SMILES string of the molecule is CC1(C)CC(C2OC(C)(C3CC(C)(C)NC(C)(C)C3)OCC2(C(=O)O)C(=O)O)CC(C)(C)N1. The summed E-state index contributed by atoms with van der Waals surface area (Å²) in [6, 6.07) is 0. The van der Waals surface area contributed by atoms with Crippen molar-refractivity contribution in [1.29, 1.82) is 0 Å². The highest BCUT2D eigenvalue weighted by atomic mass is 16.7. The van der Waals surface area contributed by atoms with Gasteiger partial charge in [0.05, 0.1) is 12.7 Å². The fourth-order valence-corrected chi connectivity index (χ4v) is 7.21. The summed E-state index contributed by atoms with van der Waals surface area (Å²) in [5.41, 5.74) is -3.04. The molecule has 0 amide bonds. The van der Waals surface area contributed by atoms with Gasteiger partial charge in [-0.1, -0.05) is 0 Å². The third-order valence-corrected chi connectivity index (χ3v) is 7.78. The van der Waals surface area contributed by atoms with E-state index in [1.165, 1.54) is 0 Å². The van der Waals surface area contributed by atoms with Crippen LogP contribution in [0, 0.1) is 17.3 Å². The van der Waals surface area contributed by atoms with Crippen LogP contribution in [0.2, 0.25) is 0 Å². The number of aliphatic carboxylic acids is 2. The van der Waals surface area contributed by atoms with Crippen molar-refractivity contribution in [3.8, 4) is 0 Å². The van der Waals surface area contributed by atoms with Gasteiger partial charge < -0.3 is 30.3 Å². The largest absolute Gasteiger partial charge is 0.480 e. The molecule has 3 rings (SSSR count). The summed E-state index contributed by atoms with van der Waals surface area (Å²) in [7, 11) is 0. The van der Waals surface area contributed by atoms with E-state index < -0.39 is 35.9 Å². The highest BCUT2D eigenvalue weighted by Crippen LogP contribution is 2.50. The monoisotopic (exact) mass is 468 g/mol. The summed E-state index contributed by atoms with van der Waals surface area (Å²) in [6.07, 6.45) is 1.77. The summed E-state index contributed by atoms with van der Waals surface area (Å²) < 4.78 is 12.8. The van der Waals surface area contributed by atoms with E-state index in [2.05, 4.69) is 66.0 Å². The van der Waals surface area contributed by atoms with Crippen LogP contribution in [0.3, 0.4) is 0 Å². The molecular weight excluding hydrogens is 424 g/mol. The van der Waals surface area contributed by atoms with Crippen molar-refractivity contribution in [3.05, 3.63) is 0 Å². The molecule has 2 atom stereocenters. The molecule has 8 nitrogen and oxygen atoms in total. The maximum Gasteiger partial charge on any atom is 0.326 e. The van der Waals surface area contributed by atoms with Crippen molar-refractivity contribution >= 4 is 11.9 Å². The van der Waals surface area contributed by atoms with Gasteiger partial charge in [0.2, 0.25) is 5.41 Å². The van der Waals surface area contributed by atoms with Crippen molar-refractivity contribution < 1.29 is 29.3 Å². The van der Waals surface area contributed by atoms with Crippen molar-refractivity contribution in [2.24, 2.45) is 17.3 Å². The number of carboxylic acids is 2. The van der Waals surface area contributed by atoms with Gasteiger partial charge in [-0.05, 0) is 93.9 Å². The number of carboxylic acid groups (broad SMARTS) is 2. The van der Waals surface area contributed by atoms with Crippen LogP contribution in [0.15, 0.2) is 0 Å². The van der Waals surface area contributed by atoms with E-state index in [1.807, 2.05) is 6.92 Å². The topological polar surface area (TPSA) is 117 Å². The van der Waals surface area contributed by atoms with Gasteiger partial charge in [0.1, 0.15) is 0 Å². The second-order valence-electron chi connectivity index (χ2n) is 13.5. The van der Waals surface area contributed by atoms with Gasteiger partial charge in [0.25, 0.3) is 0 Å². The number of nitrogens with one attached hydrogen (secondary N) is 2. The average Bonchev–Trinajstić information content (AvgIpc) is 2.55. The Kier molecular flexibility index (Phi) is 6.32. The highest BCUT2D eigenvalue weighted by Gasteiger charge is 2.65. The minimum absolute atomic E-state index is 0.0189. The van der Waals surface area contributed by atoms with Gasteiger partial charge in [0.15, 0.2) is 5.79 Å².